The first-order chi connectivity index (χ1) is 11.0. The predicted molar refractivity (Wildman–Crippen MR) is 89.3 cm³/mol. The fourth-order valence-corrected chi connectivity index (χ4v) is 2.49. The number of fused-ring (bicyclic) bond motifs is 1. The second kappa shape index (κ2) is 6.83. The monoisotopic (exact) mass is 372 g/mol. The van der Waals surface area contributed by atoms with Crippen LogP contribution in [0, 0.1) is 0 Å². The fourth-order valence-electron chi connectivity index (χ4n) is 2.02. The molecule has 1 N–H and O–H groups in total. The zero-order valence-corrected chi connectivity index (χ0v) is 14.0. The van der Waals surface area contributed by atoms with E-state index in [9.17, 15) is 4.79 Å². The van der Waals surface area contributed by atoms with E-state index in [2.05, 4.69) is 10.3 Å². The first kappa shape index (κ1) is 16.2. The van der Waals surface area contributed by atoms with Gasteiger partial charge in [-0.05, 0) is 6.07 Å². The topological polar surface area (TPSA) is 60.5 Å². The van der Waals surface area contributed by atoms with E-state index in [1.54, 1.807) is 12.1 Å². The van der Waals surface area contributed by atoms with Crippen LogP contribution in [0.25, 0.3) is 0 Å². The van der Waals surface area contributed by atoms with Crippen molar-refractivity contribution >= 4 is 46.4 Å². The van der Waals surface area contributed by atoms with Crippen molar-refractivity contribution in [2.75, 3.05) is 18.5 Å². The number of aromatic nitrogens is 1. The van der Waals surface area contributed by atoms with Gasteiger partial charge < -0.3 is 14.8 Å². The number of halogens is 3. The summed E-state index contributed by atoms with van der Waals surface area (Å²) in [7, 11) is 0. The van der Waals surface area contributed by atoms with E-state index in [4.69, 9.17) is 44.3 Å². The van der Waals surface area contributed by atoms with E-state index >= 15 is 0 Å². The molecule has 2 aromatic rings. The molecule has 1 aromatic heterocycles. The third kappa shape index (κ3) is 3.63. The van der Waals surface area contributed by atoms with Crippen LogP contribution < -0.4 is 14.8 Å². The van der Waals surface area contributed by atoms with Gasteiger partial charge in [0.25, 0.3) is 5.91 Å². The van der Waals surface area contributed by atoms with Crippen molar-refractivity contribution in [3.8, 4) is 11.5 Å². The molecule has 0 bridgehead atoms. The highest BCUT2D eigenvalue weighted by molar-refractivity contribution is 6.41. The van der Waals surface area contributed by atoms with E-state index in [0.29, 0.717) is 35.4 Å². The summed E-state index contributed by atoms with van der Waals surface area (Å²) in [6, 6.07) is 4.68. The van der Waals surface area contributed by atoms with Crippen molar-refractivity contribution in [3.05, 3.63) is 45.2 Å². The van der Waals surface area contributed by atoms with Crippen LogP contribution in [0.15, 0.2) is 24.4 Å². The molecule has 1 aliphatic rings. The van der Waals surface area contributed by atoms with Gasteiger partial charge in [0.1, 0.15) is 5.15 Å². The molecule has 0 atom stereocenters. The lowest BCUT2D eigenvalue weighted by molar-refractivity contribution is 0.102. The molecule has 0 saturated heterocycles. The lowest BCUT2D eigenvalue weighted by atomic mass is 10.2. The summed E-state index contributed by atoms with van der Waals surface area (Å²) in [5.41, 5.74) is 0.676. The van der Waals surface area contributed by atoms with Gasteiger partial charge in [-0.15, -0.1) is 0 Å². The molecule has 5 nitrogen and oxygen atoms in total. The Morgan fingerprint density at radius 2 is 1.74 bits per heavy atom. The molecule has 3 rings (SSSR count). The Kier molecular flexibility index (Phi) is 4.80. The molecule has 0 radical (unpaired) electrons. The minimum Gasteiger partial charge on any atom is -0.490 e. The summed E-state index contributed by atoms with van der Waals surface area (Å²) < 4.78 is 11.1. The molecule has 1 aromatic carbocycles. The molecular formula is C15H11Cl3N2O3. The SMILES string of the molecule is O=C(Nc1cc2c(cc1Cl)OCCCO2)c1cnc(Cl)c(Cl)c1. The number of benzene rings is 1. The highest BCUT2D eigenvalue weighted by Crippen LogP contribution is 2.37. The quantitative estimate of drug-likeness (QED) is 0.790. The number of hydrogen-bond donors (Lipinski definition) is 1. The van der Waals surface area contributed by atoms with Crippen LogP contribution in [-0.4, -0.2) is 24.1 Å². The average molecular weight is 374 g/mol. The summed E-state index contributed by atoms with van der Waals surface area (Å²) in [5, 5.41) is 3.37. The highest BCUT2D eigenvalue weighted by atomic mass is 35.5. The third-order valence-electron chi connectivity index (χ3n) is 3.14. The molecule has 0 unspecified atom stereocenters. The molecular weight excluding hydrogens is 363 g/mol. The number of ether oxygens (including phenoxy) is 2. The normalized spacial score (nSPS) is 13.3. The average Bonchev–Trinajstić information content (AvgIpc) is 2.75. The van der Waals surface area contributed by atoms with Crippen molar-refractivity contribution in [1.29, 1.82) is 0 Å². The molecule has 1 aliphatic heterocycles. The van der Waals surface area contributed by atoms with Gasteiger partial charge >= 0.3 is 0 Å². The Morgan fingerprint density at radius 1 is 1.04 bits per heavy atom. The summed E-state index contributed by atoms with van der Waals surface area (Å²) in [6.45, 7) is 1.10. The number of anilines is 1. The van der Waals surface area contributed by atoms with Crippen LogP contribution in [0.3, 0.4) is 0 Å². The fraction of sp³-hybridized carbons (Fsp3) is 0.200. The molecule has 0 aliphatic carbocycles. The Hall–Kier alpha value is -1.69. The van der Waals surface area contributed by atoms with Crippen LogP contribution in [0.4, 0.5) is 5.69 Å². The number of amides is 1. The van der Waals surface area contributed by atoms with E-state index in [1.165, 1.54) is 12.3 Å². The van der Waals surface area contributed by atoms with Gasteiger partial charge in [-0.2, -0.15) is 0 Å². The summed E-state index contributed by atoms with van der Waals surface area (Å²) in [4.78, 5) is 16.1. The molecule has 2 heterocycles. The summed E-state index contributed by atoms with van der Waals surface area (Å²) in [6.07, 6.45) is 2.11. The van der Waals surface area contributed by atoms with E-state index in [-0.39, 0.29) is 15.7 Å². The number of pyridine rings is 1. The van der Waals surface area contributed by atoms with Crippen molar-refractivity contribution in [2.24, 2.45) is 0 Å². The van der Waals surface area contributed by atoms with Gasteiger partial charge in [-0.1, -0.05) is 34.8 Å². The van der Waals surface area contributed by atoms with Gasteiger partial charge in [-0.3, -0.25) is 4.79 Å². The second-order valence-corrected chi connectivity index (χ2v) is 5.95. The molecule has 1 amide bonds. The maximum absolute atomic E-state index is 12.3. The largest absolute Gasteiger partial charge is 0.490 e. The predicted octanol–water partition coefficient (Wildman–Crippen LogP) is 4.46. The first-order valence-electron chi connectivity index (χ1n) is 6.76. The van der Waals surface area contributed by atoms with Gasteiger partial charge in [-0.25, -0.2) is 4.98 Å². The molecule has 120 valence electrons. The van der Waals surface area contributed by atoms with Crippen molar-refractivity contribution in [3.63, 3.8) is 0 Å². The van der Waals surface area contributed by atoms with Crippen LogP contribution in [0.1, 0.15) is 16.8 Å². The second-order valence-electron chi connectivity index (χ2n) is 4.78. The van der Waals surface area contributed by atoms with Gasteiger partial charge in [0.15, 0.2) is 11.5 Å². The number of nitrogens with one attached hydrogen (secondary N) is 1. The Labute approximate surface area is 147 Å². The lowest BCUT2D eigenvalue weighted by Crippen LogP contribution is -2.13. The van der Waals surface area contributed by atoms with Gasteiger partial charge in [0.05, 0.1) is 34.5 Å². The molecule has 23 heavy (non-hydrogen) atoms. The van der Waals surface area contributed by atoms with Crippen molar-refractivity contribution in [1.82, 2.24) is 4.98 Å². The number of hydrogen-bond acceptors (Lipinski definition) is 4. The van der Waals surface area contributed by atoms with Crippen LogP contribution in [0.2, 0.25) is 15.2 Å². The van der Waals surface area contributed by atoms with Crippen LogP contribution in [0.5, 0.6) is 11.5 Å². The zero-order valence-electron chi connectivity index (χ0n) is 11.7. The van der Waals surface area contributed by atoms with Crippen molar-refractivity contribution in [2.45, 2.75) is 6.42 Å². The minimum absolute atomic E-state index is 0.136. The van der Waals surface area contributed by atoms with E-state index in [1.807, 2.05) is 0 Å². The lowest BCUT2D eigenvalue weighted by Gasteiger charge is -2.12. The Bertz CT molecular complexity index is 768. The number of nitrogens with zero attached hydrogens (tertiary/aromatic N) is 1. The number of carbonyl (C=O) groups excluding carboxylic acids is 1. The third-order valence-corrected chi connectivity index (χ3v) is 4.14. The smallest absolute Gasteiger partial charge is 0.257 e. The standard InChI is InChI=1S/C15H11Cl3N2O3/c16-9-5-12-13(23-3-1-2-22-12)6-11(9)20-15(21)8-4-10(17)14(18)19-7-8/h4-7H,1-3H2,(H,20,21). The van der Waals surface area contributed by atoms with Crippen LogP contribution in [-0.2, 0) is 0 Å². The van der Waals surface area contributed by atoms with Gasteiger partial charge in [0, 0.05) is 24.8 Å². The molecule has 0 saturated carbocycles. The van der Waals surface area contributed by atoms with Crippen LogP contribution >= 0.6 is 34.8 Å². The van der Waals surface area contributed by atoms with Gasteiger partial charge in [0.2, 0.25) is 0 Å². The maximum atomic E-state index is 12.3. The van der Waals surface area contributed by atoms with E-state index < -0.39 is 5.91 Å². The summed E-state index contributed by atoms with van der Waals surface area (Å²) in [5.74, 6) is 0.684. The molecule has 8 heteroatoms. The minimum atomic E-state index is -0.410. The van der Waals surface area contributed by atoms with E-state index in [0.717, 1.165) is 6.42 Å². The Balaban J connectivity index is 1.85. The highest BCUT2D eigenvalue weighted by Gasteiger charge is 2.17. The van der Waals surface area contributed by atoms with Crippen molar-refractivity contribution < 1.29 is 14.3 Å². The number of rotatable bonds is 2. The summed E-state index contributed by atoms with van der Waals surface area (Å²) >= 11 is 17.8. The molecule has 0 fully saturated rings. The Morgan fingerprint density at radius 3 is 2.43 bits per heavy atom. The first-order valence-corrected chi connectivity index (χ1v) is 7.89. The number of carbonyl (C=O) groups is 1. The maximum Gasteiger partial charge on any atom is 0.257 e. The zero-order chi connectivity index (χ0) is 16.4. The molecule has 0 spiro atoms.